The second-order valence-corrected chi connectivity index (χ2v) is 11.1. The Morgan fingerprint density at radius 2 is 1.56 bits per heavy atom. The molecule has 3 heterocycles. The van der Waals surface area contributed by atoms with Gasteiger partial charge < -0.3 is 28.4 Å². The Labute approximate surface area is 189 Å². The molecule has 0 amide bonds. The van der Waals surface area contributed by atoms with Crippen LogP contribution in [0.25, 0.3) is 0 Å². The molecule has 1 N–H and O–H groups in total. The summed E-state index contributed by atoms with van der Waals surface area (Å²) in [6.45, 7) is 10.2. The number of aryl methyl sites for hydroxylation is 1. The van der Waals surface area contributed by atoms with Gasteiger partial charge in [-0.2, -0.15) is 0 Å². The van der Waals surface area contributed by atoms with Gasteiger partial charge in [-0.1, -0.05) is 17.7 Å². The van der Waals surface area contributed by atoms with Crippen LogP contribution < -0.4 is 4.72 Å². The van der Waals surface area contributed by atoms with E-state index >= 15 is 0 Å². The maximum absolute atomic E-state index is 12.3. The lowest BCUT2D eigenvalue weighted by atomic mass is 9.99. The average Bonchev–Trinajstić information content (AvgIpc) is 3.18. The van der Waals surface area contributed by atoms with Crippen LogP contribution in [0, 0.1) is 6.92 Å². The Bertz CT molecular complexity index is 901. The number of sulfonamides is 1. The highest BCUT2D eigenvalue weighted by Gasteiger charge is 2.60. The molecule has 0 radical (unpaired) electrons. The van der Waals surface area contributed by atoms with Crippen molar-refractivity contribution >= 4 is 10.0 Å². The Balaban J connectivity index is 1.25. The molecule has 9 nitrogen and oxygen atoms in total. The van der Waals surface area contributed by atoms with Gasteiger partial charge in [0, 0.05) is 13.2 Å². The van der Waals surface area contributed by atoms with E-state index in [0.29, 0.717) is 13.0 Å². The molecule has 0 spiro atoms. The van der Waals surface area contributed by atoms with Gasteiger partial charge in [0.05, 0.1) is 11.5 Å². The van der Waals surface area contributed by atoms with Gasteiger partial charge in [0.25, 0.3) is 0 Å². The highest BCUT2D eigenvalue weighted by molar-refractivity contribution is 7.89. The van der Waals surface area contributed by atoms with Crippen molar-refractivity contribution in [2.75, 3.05) is 19.8 Å². The Kier molecular flexibility index (Phi) is 6.70. The molecule has 1 aromatic rings. The van der Waals surface area contributed by atoms with Gasteiger partial charge in [-0.05, 0) is 53.2 Å². The van der Waals surface area contributed by atoms with Gasteiger partial charge in [-0.3, -0.25) is 0 Å². The SMILES string of the molecule is Cc1ccc(S(=O)(=O)NCCCOCC2OC3OC(C)(C)OC3C3OC(C)(C)OC23)cc1. The molecule has 3 aliphatic rings. The second-order valence-electron chi connectivity index (χ2n) is 9.35. The maximum atomic E-state index is 12.3. The molecule has 0 aromatic heterocycles. The van der Waals surface area contributed by atoms with Gasteiger partial charge in [0.15, 0.2) is 17.9 Å². The van der Waals surface area contributed by atoms with Crippen LogP contribution in [-0.4, -0.2) is 70.5 Å². The zero-order valence-electron chi connectivity index (χ0n) is 19.2. The van der Waals surface area contributed by atoms with Crippen LogP contribution in [0.2, 0.25) is 0 Å². The third kappa shape index (κ3) is 5.34. The van der Waals surface area contributed by atoms with E-state index in [4.69, 9.17) is 28.4 Å². The van der Waals surface area contributed by atoms with Crippen LogP contribution in [0.15, 0.2) is 29.2 Å². The van der Waals surface area contributed by atoms with Crippen molar-refractivity contribution in [3.05, 3.63) is 29.8 Å². The lowest BCUT2D eigenvalue weighted by Crippen LogP contribution is -2.56. The average molecular weight is 472 g/mol. The van der Waals surface area contributed by atoms with Gasteiger partial charge in [0.2, 0.25) is 10.0 Å². The van der Waals surface area contributed by atoms with Crippen LogP contribution in [0.4, 0.5) is 0 Å². The lowest BCUT2D eigenvalue weighted by molar-refractivity contribution is -0.243. The van der Waals surface area contributed by atoms with Crippen LogP contribution in [0.5, 0.6) is 0 Å². The van der Waals surface area contributed by atoms with E-state index in [1.54, 1.807) is 24.3 Å². The molecule has 0 bridgehead atoms. The van der Waals surface area contributed by atoms with Crippen molar-refractivity contribution in [3.63, 3.8) is 0 Å². The van der Waals surface area contributed by atoms with Crippen molar-refractivity contribution in [2.24, 2.45) is 0 Å². The van der Waals surface area contributed by atoms with Crippen molar-refractivity contribution in [3.8, 4) is 0 Å². The Morgan fingerprint density at radius 1 is 0.938 bits per heavy atom. The van der Waals surface area contributed by atoms with Gasteiger partial charge >= 0.3 is 0 Å². The van der Waals surface area contributed by atoms with E-state index in [9.17, 15) is 8.42 Å². The quantitative estimate of drug-likeness (QED) is 0.575. The number of benzene rings is 1. The summed E-state index contributed by atoms with van der Waals surface area (Å²) in [7, 11) is -3.53. The first kappa shape index (κ1) is 24.0. The van der Waals surface area contributed by atoms with Crippen molar-refractivity contribution in [2.45, 2.75) is 88.2 Å². The molecule has 180 valence electrons. The smallest absolute Gasteiger partial charge is 0.240 e. The standard InChI is InChI=1S/C22H33NO8S/c1-14-7-9-15(10-8-14)32(24,25)23-11-6-12-26-13-16-17-18(29-21(2,3)28-17)19-20(27-16)31-22(4,5)30-19/h7-10,16-20,23H,6,11-13H2,1-5H3. The molecule has 1 aromatic carbocycles. The zero-order valence-corrected chi connectivity index (χ0v) is 20.0. The van der Waals surface area contributed by atoms with Crippen LogP contribution in [0.3, 0.4) is 0 Å². The van der Waals surface area contributed by atoms with Gasteiger partial charge in [-0.15, -0.1) is 0 Å². The first-order valence-electron chi connectivity index (χ1n) is 11.0. The van der Waals surface area contributed by atoms with E-state index in [1.807, 2.05) is 34.6 Å². The number of nitrogens with one attached hydrogen (secondary N) is 1. The molecule has 0 aliphatic carbocycles. The van der Waals surface area contributed by atoms with E-state index in [1.165, 1.54) is 0 Å². The summed E-state index contributed by atoms with van der Waals surface area (Å²) >= 11 is 0. The third-order valence-corrected chi connectivity index (χ3v) is 7.10. The summed E-state index contributed by atoms with van der Waals surface area (Å²) in [6, 6.07) is 6.74. The predicted octanol–water partition coefficient (Wildman–Crippen LogP) is 2.08. The van der Waals surface area contributed by atoms with E-state index in [0.717, 1.165) is 5.56 Å². The summed E-state index contributed by atoms with van der Waals surface area (Å²) in [5.41, 5.74) is 1.01. The molecule has 3 saturated heterocycles. The van der Waals surface area contributed by atoms with Crippen LogP contribution >= 0.6 is 0 Å². The summed E-state index contributed by atoms with van der Waals surface area (Å²) < 4.78 is 63.2. The van der Waals surface area contributed by atoms with E-state index < -0.39 is 27.9 Å². The molecule has 4 rings (SSSR count). The summed E-state index contributed by atoms with van der Waals surface area (Å²) in [6.07, 6.45) is -1.45. The molecule has 5 atom stereocenters. The molecular weight excluding hydrogens is 438 g/mol. The lowest BCUT2D eigenvalue weighted by Gasteiger charge is -2.37. The molecule has 10 heteroatoms. The second kappa shape index (κ2) is 8.92. The Hall–Kier alpha value is -1.11. The minimum Gasteiger partial charge on any atom is -0.379 e. The maximum Gasteiger partial charge on any atom is 0.240 e. The minimum absolute atomic E-state index is 0.253. The fourth-order valence-corrected chi connectivity index (χ4v) is 5.28. The molecule has 3 aliphatic heterocycles. The molecule has 5 unspecified atom stereocenters. The Morgan fingerprint density at radius 3 is 2.28 bits per heavy atom. The fraction of sp³-hybridized carbons (Fsp3) is 0.727. The summed E-state index contributed by atoms with van der Waals surface area (Å²) in [5.74, 6) is -1.52. The monoisotopic (exact) mass is 471 g/mol. The number of hydrogen-bond acceptors (Lipinski definition) is 8. The highest BCUT2D eigenvalue weighted by atomic mass is 32.2. The minimum atomic E-state index is -3.53. The van der Waals surface area contributed by atoms with Crippen LogP contribution in [-0.2, 0) is 38.4 Å². The van der Waals surface area contributed by atoms with Crippen molar-refractivity contribution < 1.29 is 36.8 Å². The number of ether oxygens (including phenoxy) is 6. The highest BCUT2D eigenvalue weighted by Crippen LogP contribution is 2.44. The van der Waals surface area contributed by atoms with Gasteiger partial charge in [0.1, 0.15) is 24.4 Å². The van der Waals surface area contributed by atoms with Gasteiger partial charge in [-0.25, -0.2) is 13.1 Å². The van der Waals surface area contributed by atoms with E-state index in [2.05, 4.69) is 4.72 Å². The van der Waals surface area contributed by atoms with Crippen molar-refractivity contribution in [1.29, 1.82) is 0 Å². The first-order valence-corrected chi connectivity index (χ1v) is 12.4. The summed E-state index contributed by atoms with van der Waals surface area (Å²) in [5, 5.41) is 0. The van der Waals surface area contributed by atoms with E-state index in [-0.39, 0.29) is 42.5 Å². The van der Waals surface area contributed by atoms with Crippen molar-refractivity contribution in [1.82, 2.24) is 4.72 Å². The number of hydrogen-bond donors (Lipinski definition) is 1. The topological polar surface area (TPSA) is 102 Å². The number of rotatable bonds is 8. The van der Waals surface area contributed by atoms with Crippen LogP contribution in [0.1, 0.15) is 39.7 Å². The fourth-order valence-electron chi connectivity index (χ4n) is 4.21. The normalized spacial score (nSPS) is 33.1. The first-order chi connectivity index (χ1) is 15.0. The molecular formula is C22H33NO8S. The molecule has 32 heavy (non-hydrogen) atoms. The third-order valence-electron chi connectivity index (χ3n) is 5.62. The molecule has 3 fully saturated rings. The summed E-state index contributed by atoms with van der Waals surface area (Å²) in [4.78, 5) is 0.253. The molecule has 0 saturated carbocycles. The number of fused-ring (bicyclic) bond motifs is 3. The largest absolute Gasteiger partial charge is 0.379 e. The predicted molar refractivity (Wildman–Crippen MR) is 114 cm³/mol. The zero-order chi connectivity index (χ0) is 23.1.